The number of rotatable bonds is 27. The zero-order valence-corrected chi connectivity index (χ0v) is 26.2. The maximum atomic E-state index is 12.3. The van der Waals surface area contributed by atoms with E-state index in [0.29, 0.717) is 45.7 Å². The minimum atomic E-state index is -0.495. The van der Waals surface area contributed by atoms with Gasteiger partial charge in [-0.3, -0.25) is 14.6 Å². The van der Waals surface area contributed by atoms with Crippen LogP contribution in [0, 0.1) is 0 Å². The van der Waals surface area contributed by atoms with Gasteiger partial charge in [-0.05, 0) is 59.8 Å². The van der Waals surface area contributed by atoms with E-state index in [9.17, 15) is 20.1 Å². The molecule has 0 aromatic rings. The Morgan fingerprint density at radius 2 is 1.05 bits per heavy atom. The zero-order chi connectivity index (χ0) is 29.3. The number of carbonyl (C=O) groups excluding carboxylic acids is 1. The first-order chi connectivity index (χ1) is 18.6. The van der Waals surface area contributed by atoms with Crippen molar-refractivity contribution >= 4 is 5.97 Å². The van der Waals surface area contributed by atoms with Gasteiger partial charge < -0.3 is 20.1 Å². The van der Waals surface area contributed by atoms with Crippen LogP contribution in [0.2, 0.25) is 0 Å². The molecule has 0 aliphatic carbocycles. The predicted molar refractivity (Wildman–Crippen MR) is 163 cm³/mol. The second-order valence-corrected chi connectivity index (χ2v) is 11.7. The summed E-state index contributed by atoms with van der Waals surface area (Å²) < 4.78 is 5.65. The maximum Gasteiger partial charge on any atom is 0.306 e. The van der Waals surface area contributed by atoms with Crippen LogP contribution in [0.1, 0.15) is 125 Å². The summed E-state index contributed by atoms with van der Waals surface area (Å²) in [5.74, 6) is -0.151. The van der Waals surface area contributed by atoms with Crippen LogP contribution in [0.5, 0.6) is 0 Å². The number of aliphatic hydroxyl groups excluding tert-OH is 3. The Kier molecular flexibility index (Phi) is 25.3. The van der Waals surface area contributed by atoms with Gasteiger partial charge in [0.15, 0.2) is 0 Å². The number of esters is 1. The van der Waals surface area contributed by atoms with Crippen molar-refractivity contribution in [2.75, 3.05) is 39.3 Å². The molecular weight excluding hydrogens is 492 g/mol. The average molecular weight is 557 g/mol. The van der Waals surface area contributed by atoms with Gasteiger partial charge in [-0.1, -0.05) is 70.4 Å². The molecule has 4 atom stereocenters. The standard InChI is InChI=1S/C32H64N2O5/c1-6-7-8-9-10-11-12-13-14-15-16-17-18-19-20-21-32(38)39-31(5)27-34(26-30(4)37)23-22-33(24-28(2)35)25-29(3)36/h13-14,28-31,35-37H,6-12,15-27H2,1-5H3. The summed E-state index contributed by atoms with van der Waals surface area (Å²) in [6.07, 6.45) is 19.4. The topological polar surface area (TPSA) is 93.5 Å². The molecule has 0 fully saturated rings. The van der Waals surface area contributed by atoms with E-state index in [0.717, 1.165) is 25.7 Å². The van der Waals surface area contributed by atoms with Crippen LogP contribution < -0.4 is 0 Å². The van der Waals surface area contributed by atoms with Gasteiger partial charge in [0.2, 0.25) is 0 Å². The third-order valence-electron chi connectivity index (χ3n) is 6.79. The fourth-order valence-electron chi connectivity index (χ4n) is 4.94. The lowest BCUT2D eigenvalue weighted by atomic mass is 10.1. The van der Waals surface area contributed by atoms with Crippen LogP contribution in [-0.4, -0.2) is 94.8 Å². The molecule has 0 bridgehead atoms. The van der Waals surface area contributed by atoms with Crippen molar-refractivity contribution in [3.8, 4) is 0 Å². The lowest BCUT2D eigenvalue weighted by Gasteiger charge is -2.31. The monoisotopic (exact) mass is 556 g/mol. The van der Waals surface area contributed by atoms with E-state index in [1.165, 1.54) is 57.8 Å². The highest BCUT2D eigenvalue weighted by Crippen LogP contribution is 2.11. The average Bonchev–Trinajstić information content (AvgIpc) is 2.83. The lowest BCUT2D eigenvalue weighted by Crippen LogP contribution is -2.45. The number of hydrogen-bond donors (Lipinski definition) is 3. The Morgan fingerprint density at radius 1 is 0.641 bits per heavy atom. The third kappa shape index (κ3) is 27.0. The van der Waals surface area contributed by atoms with Crippen molar-refractivity contribution in [2.45, 2.75) is 149 Å². The van der Waals surface area contributed by atoms with E-state index in [1.807, 2.05) is 11.8 Å². The summed E-state index contributed by atoms with van der Waals surface area (Å²) in [5.41, 5.74) is 0. The van der Waals surface area contributed by atoms with Crippen molar-refractivity contribution in [3.05, 3.63) is 12.2 Å². The number of allylic oxidation sites excluding steroid dienone is 2. The summed E-state index contributed by atoms with van der Waals surface area (Å²) in [6.45, 7) is 12.7. The molecule has 0 radical (unpaired) electrons. The number of carbonyl (C=O) groups is 1. The first kappa shape index (κ1) is 38.0. The number of unbranched alkanes of at least 4 members (excludes halogenated alkanes) is 11. The van der Waals surface area contributed by atoms with Crippen molar-refractivity contribution in [1.29, 1.82) is 0 Å². The summed E-state index contributed by atoms with van der Waals surface area (Å²) in [6, 6.07) is 0. The van der Waals surface area contributed by atoms with Gasteiger partial charge in [-0.2, -0.15) is 0 Å². The second-order valence-electron chi connectivity index (χ2n) is 11.7. The molecule has 4 unspecified atom stereocenters. The fraction of sp³-hybridized carbons (Fsp3) is 0.906. The molecule has 0 heterocycles. The molecule has 232 valence electrons. The second kappa shape index (κ2) is 25.9. The van der Waals surface area contributed by atoms with E-state index >= 15 is 0 Å². The molecule has 0 aliphatic rings. The SMILES string of the molecule is CCCCCCCCC=CCCCCCCCC(=O)OC(C)CN(CCN(CC(C)O)CC(C)O)CC(C)O. The van der Waals surface area contributed by atoms with Gasteiger partial charge in [0.1, 0.15) is 6.10 Å². The van der Waals surface area contributed by atoms with E-state index in [-0.39, 0.29) is 12.1 Å². The molecule has 0 saturated carbocycles. The van der Waals surface area contributed by atoms with Gasteiger partial charge in [-0.25, -0.2) is 0 Å². The highest BCUT2D eigenvalue weighted by Gasteiger charge is 2.18. The molecule has 0 aromatic heterocycles. The van der Waals surface area contributed by atoms with Crippen LogP contribution in [0.4, 0.5) is 0 Å². The molecule has 39 heavy (non-hydrogen) atoms. The molecule has 7 heteroatoms. The van der Waals surface area contributed by atoms with Gasteiger partial charge in [-0.15, -0.1) is 0 Å². The quantitative estimate of drug-likeness (QED) is 0.0679. The highest BCUT2D eigenvalue weighted by molar-refractivity contribution is 5.69. The number of hydrogen-bond acceptors (Lipinski definition) is 7. The normalized spacial score (nSPS) is 15.2. The van der Waals surface area contributed by atoms with Gasteiger partial charge >= 0.3 is 5.97 Å². The lowest BCUT2D eigenvalue weighted by molar-refractivity contribution is -0.149. The van der Waals surface area contributed by atoms with Crippen LogP contribution >= 0.6 is 0 Å². The Balaban J connectivity index is 4.05. The minimum absolute atomic E-state index is 0.151. The van der Waals surface area contributed by atoms with E-state index < -0.39 is 18.3 Å². The summed E-state index contributed by atoms with van der Waals surface area (Å²) in [4.78, 5) is 16.4. The molecule has 0 rings (SSSR count). The Hall–Kier alpha value is -0.990. The Bertz CT molecular complexity index is 573. The third-order valence-corrected chi connectivity index (χ3v) is 6.79. The molecular formula is C32H64N2O5. The zero-order valence-electron chi connectivity index (χ0n) is 26.2. The van der Waals surface area contributed by atoms with Crippen molar-refractivity contribution in [2.24, 2.45) is 0 Å². The van der Waals surface area contributed by atoms with Crippen LogP contribution in [0.3, 0.4) is 0 Å². The van der Waals surface area contributed by atoms with Crippen LogP contribution in [0.25, 0.3) is 0 Å². The van der Waals surface area contributed by atoms with E-state index in [1.54, 1.807) is 20.8 Å². The van der Waals surface area contributed by atoms with Crippen molar-refractivity contribution in [1.82, 2.24) is 9.80 Å². The number of ether oxygens (including phenoxy) is 1. The number of aliphatic hydroxyl groups is 3. The van der Waals surface area contributed by atoms with Gasteiger partial charge in [0.25, 0.3) is 0 Å². The van der Waals surface area contributed by atoms with Gasteiger partial charge in [0, 0.05) is 45.7 Å². The molecule has 0 aliphatic heterocycles. The maximum absolute atomic E-state index is 12.3. The summed E-state index contributed by atoms with van der Waals surface area (Å²) >= 11 is 0. The highest BCUT2D eigenvalue weighted by atomic mass is 16.5. The summed E-state index contributed by atoms with van der Waals surface area (Å²) in [7, 11) is 0. The molecule has 0 amide bonds. The predicted octanol–water partition coefficient (Wildman–Crippen LogP) is 5.70. The van der Waals surface area contributed by atoms with Crippen LogP contribution in [0.15, 0.2) is 12.2 Å². The van der Waals surface area contributed by atoms with E-state index in [2.05, 4.69) is 24.0 Å². The van der Waals surface area contributed by atoms with Gasteiger partial charge in [0.05, 0.1) is 18.3 Å². The largest absolute Gasteiger partial charge is 0.461 e. The summed E-state index contributed by atoms with van der Waals surface area (Å²) in [5, 5.41) is 29.4. The Morgan fingerprint density at radius 3 is 1.51 bits per heavy atom. The smallest absolute Gasteiger partial charge is 0.306 e. The molecule has 0 spiro atoms. The molecule has 7 nitrogen and oxygen atoms in total. The van der Waals surface area contributed by atoms with Crippen LogP contribution in [-0.2, 0) is 9.53 Å². The number of nitrogens with zero attached hydrogens (tertiary/aromatic N) is 2. The molecule has 0 saturated heterocycles. The van der Waals surface area contributed by atoms with E-state index in [4.69, 9.17) is 4.74 Å². The first-order valence-corrected chi connectivity index (χ1v) is 16.0. The molecule has 0 aromatic carbocycles. The molecule has 3 N–H and O–H groups in total. The fourth-order valence-corrected chi connectivity index (χ4v) is 4.94. The first-order valence-electron chi connectivity index (χ1n) is 16.0. The Labute approximate surface area is 241 Å². The van der Waals surface area contributed by atoms with Crippen molar-refractivity contribution in [3.63, 3.8) is 0 Å². The van der Waals surface area contributed by atoms with Crippen molar-refractivity contribution < 1.29 is 24.9 Å². The minimum Gasteiger partial charge on any atom is -0.461 e.